The van der Waals surface area contributed by atoms with Gasteiger partial charge >= 0.3 is 0 Å². The van der Waals surface area contributed by atoms with Crippen LogP contribution in [0.2, 0.25) is 5.02 Å². The number of amides is 1. The van der Waals surface area contributed by atoms with Gasteiger partial charge in [0.15, 0.2) is 11.2 Å². The average molecular weight is 405 g/mol. The molecule has 4 rings (SSSR count). The van der Waals surface area contributed by atoms with Gasteiger partial charge in [-0.05, 0) is 42.3 Å². The number of aromatic nitrogens is 3. The topological polar surface area (TPSA) is 76.9 Å². The minimum atomic E-state index is -0.265. The van der Waals surface area contributed by atoms with E-state index in [0.29, 0.717) is 27.3 Å². The lowest BCUT2D eigenvalue weighted by molar-refractivity contribution is -0.116. The largest absolute Gasteiger partial charge is 0.337 e. The fourth-order valence-corrected chi connectivity index (χ4v) is 3.29. The number of benzene rings is 2. The molecule has 0 radical (unpaired) electrons. The summed E-state index contributed by atoms with van der Waals surface area (Å²) >= 11 is 5.98. The van der Waals surface area contributed by atoms with Crippen LogP contribution in [0.4, 0.5) is 5.82 Å². The second-order valence-corrected chi connectivity index (χ2v) is 7.10. The Hall–Kier alpha value is -3.51. The first-order valence-corrected chi connectivity index (χ1v) is 9.35. The van der Waals surface area contributed by atoms with Crippen molar-refractivity contribution in [1.29, 1.82) is 0 Å². The van der Waals surface area contributed by atoms with Crippen molar-refractivity contribution >= 4 is 34.2 Å². The van der Waals surface area contributed by atoms with E-state index in [4.69, 9.17) is 11.6 Å². The van der Waals surface area contributed by atoms with Gasteiger partial charge in [0.1, 0.15) is 6.54 Å². The Kier molecular flexibility index (Phi) is 5.10. The molecule has 0 aliphatic rings. The molecule has 0 unspecified atom stereocenters. The third kappa shape index (κ3) is 4.02. The quantitative estimate of drug-likeness (QED) is 0.556. The number of carbonyl (C=O) groups is 1. The molecular formula is C22H17ClN4O2. The highest BCUT2D eigenvalue weighted by Gasteiger charge is 2.13. The van der Waals surface area contributed by atoms with E-state index in [-0.39, 0.29) is 17.9 Å². The van der Waals surface area contributed by atoms with Crippen LogP contribution in [0, 0.1) is 6.92 Å². The number of halogens is 1. The molecule has 0 aliphatic heterocycles. The standard InChI is InChI=1S/C22H17ClN4O2/c1-14-2-7-17-19(10-14)27(13-21(28)26-20-11-24-8-9-25-20)12-18(22(17)29)15-3-5-16(23)6-4-15/h2-12H,13H2,1H3,(H,25,26,28). The fourth-order valence-electron chi connectivity index (χ4n) is 3.17. The van der Waals surface area contributed by atoms with Crippen molar-refractivity contribution < 1.29 is 4.79 Å². The molecular weight excluding hydrogens is 388 g/mol. The molecule has 1 amide bonds. The summed E-state index contributed by atoms with van der Waals surface area (Å²) in [7, 11) is 0. The number of anilines is 1. The molecule has 0 atom stereocenters. The lowest BCUT2D eigenvalue weighted by atomic mass is 10.0. The van der Waals surface area contributed by atoms with Crippen LogP contribution in [0.15, 0.2) is 72.0 Å². The molecule has 144 valence electrons. The zero-order valence-electron chi connectivity index (χ0n) is 15.6. The number of hydrogen-bond acceptors (Lipinski definition) is 4. The Bertz CT molecular complexity index is 1250. The Labute approximate surface area is 171 Å². The maximum atomic E-state index is 13.1. The molecule has 0 bridgehead atoms. The highest BCUT2D eigenvalue weighted by Crippen LogP contribution is 2.22. The molecule has 29 heavy (non-hydrogen) atoms. The van der Waals surface area contributed by atoms with Crippen LogP contribution >= 0.6 is 11.6 Å². The van der Waals surface area contributed by atoms with E-state index in [2.05, 4.69) is 15.3 Å². The van der Waals surface area contributed by atoms with Gasteiger partial charge < -0.3 is 9.88 Å². The van der Waals surface area contributed by atoms with Gasteiger partial charge in [0.05, 0.1) is 11.7 Å². The third-order valence-corrected chi connectivity index (χ3v) is 4.79. The van der Waals surface area contributed by atoms with Crippen molar-refractivity contribution in [1.82, 2.24) is 14.5 Å². The van der Waals surface area contributed by atoms with Crippen LogP contribution in [-0.2, 0) is 11.3 Å². The lowest BCUT2D eigenvalue weighted by Gasteiger charge is -2.14. The van der Waals surface area contributed by atoms with Gasteiger partial charge in [-0.2, -0.15) is 0 Å². The zero-order chi connectivity index (χ0) is 20.4. The van der Waals surface area contributed by atoms with Crippen molar-refractivity contribution in [3.8, 4) is 11.1 Å². The second kappa shape index (κ2) is 7.85. The van der Waals surface area contributed by atoms with Crippen molar-refractivity contribution in [2.24, 2.45) is 0 Å². The first kappa shape index (κ1) is 18.8. The van der Waals surface area contributed by atoms with E-state index in [1.807, 2.05) is 19.1 Å². The van der Waals surface area contributed by atoms with Crippen LogP contribution < -0.4 is 10.7 Å². The number of nitrogens with one attached hydrogen (secondary N) is 1. The molecule has 0 saturated heterocycles. The summed E-state index contributed by atoms with van der Waals surface area (Å²) in [5.74, 6) is 0.107. The number of pyridine rings is 1. The number of aryl methyl sites for hydroxylation is 1. The molecule has 6 nitrogen and oxygen atoms in total. The van der Waals surface area contributed by atoms with Crippen LogP contribution in [0.3, 0.4) is 0 Å². The van der Waals surface area contributed by atoms with Crippen molar-refractivity contribution in [3.63, 3.8) is 0 Å². The number of rotatable bonds is 4. The highest BCUT2D eigenvalue weighted by molar-refractivity contribution is 6.30. The maximum absolute atomic E-state index is 13.1. The van der Waals surface area contributed by atoms with E-state index in [0.717, 1.165) is 11.1 Å². The highest BCUT2D eigenvalue weighted by atomic mass is 35.5. The average Bonchev–Trinajstić information content (AvgIpc) is 2.71. The molecule has 2 heterocycles. The molecule has 7 heteroatoms. The van der Waals surface area contributed by atoms with Gasteiger partial charge in [0.25, 0.3) is 0 Å². The Balaban J connectivity index is 1.80. The SMILES string of the molecule is Cc1ccc2c(=O)c(-c3ccc(Cl)cc3)cn(CC(=O)Nc3cnccn3)c2c1. The number of hydrogen-bond donors (Lipinski definition) is 1. The summed E-state index contributed by atoms with van der Waals surface area (Å²) in [4.78, 5) is 33.7. The Morgan fingerprint density at radius 2 is 1.93 bits per heavy atom. The van der Waals surface area contributed by atoms with Crippen molar-refractivity contribution in [3.05, 3.63) is 88.1 Å². The van der Waals surface area contributed by atoms with Gasteiger partial charge in [0, 0.05) is 34.6 Å². The summed E-state index contributed by atoms with van der Waals surface area (Å²) in [5, 5.41) is 3.86. The Morgan fingerprint density at radius 3 is 2.66 bits per heavy atom. The minimum absolute atomic E-state index is 0.0252. The predicted molar refractivity (Wildman–Crippen MR) is 114 cm³/mol. The molecule has 2 aromatic heterocycles. The van der Waals surface area contributed by atoms with Crippen LogP contribution in [0.1, 0.15) is 5.56 Å². The molecule has 0 aliphatic carbocycles. The molecule has 0 fully saturated rings. The monoisotopic (exact) mass is 404 g/mol. The second-order valence-electron chi connectivity index (χ2n) is 6.67. The minimum Gasteiger partial charge on any atom is -0.337 e. The molecule has 2 aromatic carbocycles. The summed E-state index contributed by atoms with van der Waals surface area (Å²) in [6.07, 6.45) is 6.23. The molecule has 0 spiro atoms. The maximum Gasteiger partial charge on any atom is 0.245 e. The van der Waals surface area contributed by atoms with E-state index >= 15 is 0 Å². The lowest BCUT2D eigenvalue weighted by Crippen LogP contribution is -2.22. The summed E-state index contributed by atoms with van der Waals surface area (Å²) in [5.41, 5.74) is 2.85. The van der Waals surface area contributed by atoms with Crippen molar-refractivity contribution in [2.75, 3.05) is 5.32 Å². The van der Waals surface area contributed by atoms with Crippen LogP contribution in [-0.4, -0.2) is 20.4 Å². The normalized spacial score (nSPS) is 10.8. The van der Waals surface area contributed by atoms with Crippen LogP contribution in [0.5, 0.6) is 0 Å². The molecule has 1 N–H and O–H groups in total. The summed E-state index contributed by atoms with van der Waals surface area (Å²) in [6, 6.07) is 12.6. The van der Waals surface area contributed by atoms with Crippen LogP contribution in [0.25, 0.3) is 22.0 Å². The summed E-state index contributed by atoms with van der Waals surface area (Å²) in [6.45, 7) is 1.97. The van der Waals surface area contributed by atoms with E-state index in [1.165, 1.54) is 18.6 Å². The van der Waals surface area contributed by atoms with E-state index in [9.17, 15) is 9.59 Å². The van der Waals surface area contributed by atoms with Gasteiger partial charge in [-0.15, -0.1) is 0 Å². The molecule has 4 aromatic rings. The van der Waals surface area contributed by atoms with E-state index < -0.39 is 0 Å². The molecule has 0 saturated carbocycles. The van der Waals surface area contributed by atoms with Gasteiger partial charge in [-0.1, -0.05) is 29.8 Å². The number of nitrogens with zero attached hydrogens (tertiary/aromatic N) is 3. The first-order valence-electron chi connectivity index (χ1n) is 8.97. The first-order chi connectivity index (χ1) is 14.0. The number of carbonyl (C=O) groups excluding carboxylic acids is 1. The van der Waals surface area contributed by atoms with Gasteiger partial charge in [-0.3, -0.25) is 14.6 Å². The summed E-state index contributed by atoms with van der Waals surface area (Å²) < 4.78 is 1.78. The van der Waals surface area contributed by atoms with Gasteiger partial charge in [-0.25, -0.2) is 4.98 Å². The van der Waals surface area contributed by atoms with E-state index in [1.54, 1.807) is 41.1 Å². The van der Waals surface area contributed by atoms with Gasteiger partial charge in [0.2, 0.25) is 5.91 Å². The smallest absolute Gasteiger partial charge is 0.245 e. The number of fused-ring (bicyclic) bond motifs is 1. The predicted octanol–water partition coefficient (Wildman–Crippen LogP) is 4.06. The zero-order valence-corrected chi connectivity index (χ0v) is 16.3. The third-order valence-electron chi connectivity index (χ3n) is 4.54. The Morgan fingerprint density at radius 1 is 1.14 bits per heavy atom. The fraction of sp³-hybridized carbons (Fsp3) is 0.0909. The van der Waals surface area contributed by atoms with Crippen molar-refractivity contribution in [2.45, 2.75) is 13.5 Å².